The molecule has 0 saturated carbocycles. The molecule has 0 spiro atoms. The molecule has 0 N–H and O–H groups in total. The number of benzene rings is 1. The van der Waals surface area contributed by atoms with Gasteiger partial charge >= 0.3 is 5.97 Å². The minimum absolute atomic E-state index is 0.0250. The second-order valence-corrected chi connectivity index (χ2v) is 6.47. The zero-order valence-corrected chi connectivity index (χ0v) is 15.1. The molecule has 142 valence electrons. The van der Waals surface area contributed by atoms with Gasteiger partial charge < -0.3 is 9.57 Å². The quantitative estimate of drug-likeness (QED) is 0.570. The first kappa shape index (κ1) is 19.2. The number of ether oxygens (including phenoxy) is 1. The average molecular weight is 399 g/mol. The largest absolute Gasteiger partial charge is 0.463 e. The monoisotopic (exact) mass is 398 g/mol. The summed E-state index contributed by atoms with van der Waals surface area (Å²) in [5.74, 6) is -3.83. The van der Waals surface area contributed by atoms with E-state index in [9.17, 15) is 18.0 Å². The number of rotatable bonds is 4. The van der Waals surface area contributed by atoms with Gasteiger partial charge in [-0.3, -0.25) is 0 Å². The van der Waals surface area contributed by atoms with Crippen LogP contribution in [-0.2, 0) is 14.4 Å². The number of carbonyl (C=O) groups excluding carboxylic acids is 1. The summed E-state index contributed by atoms with van der Waals surface area (Å²) in [6.07, 6.45) is 1.05. The number of carbonyl (C=O) groups is 1. The van der Waals surface area contributed by atoms with Crippen LogP contribution < -0.4 is 0 Å². The number of aromatic nitrogens is 1. The first-order valence-corrected chi connectivity index (χ1v) is 8.36. The first-order chi connectivity index (χ1) is 12.7. The van der Waals surface area contributed by atoms with E-state index >= 15 is 0 Å². The van der Waals surface area contributed by atoms with Crippen LogP contribution in [0, 0.1) is 17.6 Å². The van der Waals surface area contributed by atoms with Crippen molar-refractivity contribution in [2.75, 3.05) is 6.61 Å². The number of oxime groups is 1. The van der Waals surface area contributed by atoms with E-state index in [1.807, 2.05) is 0 Å². The van der Waals surface area contributed by atoms with Crippen LogP contribution in [0.3, 0.4) is 0 Å². The van der Waals surface area contributed by atoms with Crippen molar-refractivity contribution < 1.29 is 27.5 Å². The zero-order valence-electron chi connectivity index (χ0n) is 14.4. The third-order valence-electron chi connectivity index (χ3n) is 4.04. The van der Waals surface area contributed by atoms with Gasteiger partial charge in [0.2, 0.25) is 11.5 Å². The van der Waals surface area contributed by atoms with Crippen LogP contribution in [0.2, 0.25) is 5.02 Å². The van der Waals surface area contributed by atoms with E-state index in [1.54, 1.807) is 6.92 Å². The Morgan fingerprint density at radius 3 is 2.67 bits per heavy atom. The molecule has 5 nitrogen and oxygen atoms in total. The maximum Gasteiger partial charge on any atom is 0.353 e. The third-order valence-corrected chi connectivity index (χ3v) is 4.36. The number of hydrogen-bond acceptors (Lipinski definition) is 5. The second kappa shape index (κ2) is 7.19. The fourth-order valence-electron chi connectivity index (χ4n) is 2.64. The summed E-state index contributed by atoms with van der Waals surface area (Å²) in [4.78, 5) is 20.5. The summed E-state index contributed by atoms with van der Waals surface area (Å²) >= 11 is 6.12. The highest BCUT2D eigenvalue weighted by atomic mass is 35.5. The zero-order chi connectivity index (χ0) is 19.8. The minimum atomic E-state index is -1.33. The topological polar surface area (TPSA) is 60.8 Å². The van der Waals surface area contributed by atoms with Crippen molar-refractivity contribution in [1.29, 1.82) is 0 Å². The molecule has 3 rings (SSSR count). The van der Waals surface area contributed by atoms with Gasteiger partial charge in [0, 0.05) is 29.3 Å². The molecule has 0 saturated heterocycles. The van der Waals surface area contributed by atoms with Gasteiger partial charge in [-0.15, -0.1) is 0 Å². The summed E-state index contributed by atoms with van der Waals surface area (Å²) in [6, 6.07) is 3.18. The highest BCUT2D eigenvalue weighted by molar-refractivity contribution is 6.34. The van der Waals surface area contributed by atoms with Gasteiger partial charge in [-0.05, 0) is 32.0 Å². The highest BCUT2D eigenvalue weighted by Gasteiger charge is 2.44. The predicted molar refractivity (Wildman–Crippen MR) is 91.8 cm³/mol. The lowest BCUT2D eigenvalue weighted by molar-refractivity contribution is -0.166. The van der Waals surface area contributed by atoms with Gasteiger partial charge in [-0.1, -0.05) is 16.8 Å². The molecule has 27 heavy (non-hydrogen) atoms. The first-order valence-electron chi connectivity index (χ1n) is 7.98. The SMILES string of the molecule is CCOC(=O)C1(C)CC(c2cc(-c3cnc(F)c(F)c3)c(F)cc2Cl)=NO1. The minimum Gasteiger partial charge on any atom is -0.463 e. The van der Waals surface area contributed by atoms with Gasteiger partial charge in [0.15, 0.2) is 5.82 Å². The molecule has 1 aromatic carbocycles. The van der Waals surface area contributed by atoms with E-state index < -0.39 is 29.2 Å². The smallest absolute Gasteiger partial charge is 0.353 e. The number of hydrogen-bond donors (Lipinski definition) is 0. The molecule has 9 heteroatoms. The number of esters is 1. The average Bonchev–Trinajstić information content (AvgIpc) is 3.01. The maximum atomic E-state index is 14.3. The van der Waals surface area contributed by atoms with E-state index in [0.717, 1.165) is 18.3 Å². The molecule has 0 bridgehead atoms. The summed E-state index contributed by atoms with van der Waals surface area (Å²) in [7, 11) is 0. The molecule has 1 atom stereocenters. The fourth-order valence-corrected chi connectivity index (χ4v) is 2.90. The van der Waals surface area contributed by atoms with Crippen molar-refractivity contribution in [3.8, 4) is 11.1 Å². The van der Waals surface area contributed by atoms with E-state index in [2.05, 4.69) is 10.1 Å². The van der Waals surface area contributed by atoms with Crippen LogP contribution in [0.15, 0.2) is 29.6 Å². The van der Waals surface area contributed by atoms with Gasteiger partial charge in [-0.25, -0.2) is 18.6 Å². The van der Waals surface area contributed by atoms with Crippen LogP contribution in [0.1, 0.15) is 25.8 Å². The van der Waals surface area contributed by atoms with Gasteiger partial charge in [0.05, 0.1) is 17.3 Å². The van der Waals surface area contributed by atoms with Crippen molar-refractivity contribution in [3.63, 3.8) is 0 Å². The Kier molecular flexibility index (Phi) is 5.10. The Morgan fingerprint density at radius 2 is 2.00 bits per heavy atom. The second-order valence-electron chi connectivity index (χ2n) is 6.07. The molecule has 1 aliphatic heterocycles. The van der Waals surface area contributed by atoms with Crippen LogP contribution in [-0.4, -0.2) is 28.9 Å². The van der Waals surface area contributed by atoms with Crippen LogP contribution in [0.5, 0.6) is 0 Å². The summed E-state index contributed by atoms with van der Waals surface area (Å²) < 4.78 is 45.8. The molecular formula is C18H14ClF3N2O3. The molecule has 1 unspecified atom stereocenters. The van der Waals surface area contributed by atoms with Gasteiger partial charge in [-0.2, -0.15) is 4.39 Å². The van der Waals surface area contributed by atoms with Gasteiger partial charge in [0.25, 0.3) is 0 Å². The highest BCUT2D eigenvalue weighted by Crippen LogP contribution is 2.34. The standard InChI is InChI=1S/C18H14ClF3N2O3/c1-3-26-17(25)18(2)7-15(24-27-18)11-5-10(13(20)6-12(11)19)9-4-14(21)16(22)23-8-9/h4-6,8H,3,7H2,1-2H3. The Hall–Kier alpha value is -2.61. The Balaban J connectivity index is 1.98. The number of halogens is 4. The number of pyridine rings is 1. The Morgan fingerprint density at radius 1 is 1.26 bits per heavy atom. The van der Waals surface area contributed by atoms with Crippen LogP contribution in [0.4, 0.5) is 13.2 Å². The van der Waals surface area contributed by atoms with E-state index in [1.165, 1.54) is 13.0 Å². The van der Waals surface area contributed by atoms with Crippen molar-refractivity contribution in [1.82, 2.24) is 4.98 Å². The summed E-state index contributed by atoms with van der Waals surface area (Å²) in [5, 5.41) is 3.91. The molecule has 0 amide bonds. The Bertz CT molecular complexity index is 952. The van der Waals surface area contributed by atoms with E-state index in [0.29, 0.717) is 11.3 Å². The summed E-state index contributed by atoms with van der Waals surface area (Å²) in [6.45, 7) is 3.35. The molecule has 1 aromatic heterocycles. The van der Waals surface area contributed by atoms with E-state index in [-0.39, 0.29) is 29.2 Å². The summed E-state index contributed by atoms with van der Waals surface area (Å²) in [5.41, 5.74) is -0.754. The van der Waals surface area contributed by atoms with E-state index in [4.69, 9.17) is 21.2 Å². The van der Waals surface area contributed by atoms with Crippen LogP contribution in [0.25, 0.3) is 11.1 Å². The molecule has 0 fully saturated rings. The molecule has 0 aliphatic carbocycles. The molecular weight excluding hydrogens is 385 g/mol. The lowest BCUT2D eigenvalue weighted by Gasteiger charge is -2.18. The normalized spacial score (nSPS) is 18.8. The predicted octanol–water partition coefficient (Wildman–Crippen LogP) is 4.27. The molecule has 1 aliphatic rings. The molecule has 2 heterocycles. The lowest BCUT2D eigenvalue weighted by Crippen LogP contribution is -2.37. The molecule has 0 radical (unpaired) electrons. The van der Waals surface area contributed by atoms with Crippen molar-refractivity contribution >= 4 is 23.3 Å². The van der Waals surface area contributed by atoms with Gasteiger partial charge in [0.1, 0.15) is 5.82 Å². The fraction of sp³-hybridized carbons (Fsp3) is 0.278. The number of nitrogens with zero attached hydrogens (tertiary/aromatic N) is 2. The van der Waals surface area contributed by atoms with Crippen molar-refractivity contribution in [2.24, 2.45) is 5.16 Å². The maximum absolute atomic E-state index is 14.3. The third kappa shape index (κ3) is 3.62. The van der Waals surface area contributed by atoms with Crippen LogP contribution >= 0.6 is 11.6 Å². The van der Waals surface area contributed by atoms with Crippen molar-refractivity contribution in [2.45, 2.75) is 25.9 Å². The molecule has 2 aromatic rings. The Labute approximate surface area is 157 Å². The van der Waals surface area contributed by atoms with Crippen molar-refractivity contribution in [3.05, 3.63) is 52.6 Å². The lowest BCUT2D eigenvalue weighted by atomic mass is 9.94.